The zero-order valence-electron chi connectivity index (χ0n) is 36.2. The molecule has 58 heavy (non-hydrogen) atoms. The predicted octanol–water partition coefficient (Wildman–Crippen LogP) is 11.2. The van der Waals surface area contributed by atoms with Gasteiger partial charge < -0.3 is 32.4 Å². The Bertz CT molecular complexity index is 1830. The van der Waals surface area contributed by atoms with Crippen molar-refractivity contribution in [3.8, 4) is 17.6 Å². The molecule has 1 saturated heterocycles. The van der Waals surface area contributed by atoms with E-state index in [1.807, 2.05) is 60.7 Å². The molecule has 312 valence electrons. The van der Waals surface area contributed by atoms with Gasteiger partial charge in [-0.2, -0.15) is 5.26 Å². The van der Waals surface area contributed by atoms with Crippen molar-refractivity contribution in [1.82, 2.24) is 4.67 Å². The molecule has 1 unspecified atom stereocenters. The van der Waals surface area contributed by atoms with Crippen LogP contribution >= 0.6 is 8.53 Å². The molecule has 11 heteroatoms. The summed E-state index contributed by atoms with van der Waals surface area (Å²) in [5.74, 6) is 1.49. The average molecular weight is 827 g/mol. The van der Waals surface area contributed by atoms with Crippen molar-refractivity contribution in [1.29, 1.82) is 5.26 Å². The van der Waals surface area contributed by atoms with Crippen LogP contribution < -0.4 is 9.47 Å². The molecular formula is C47H63N2O7PSi. The molecule has 1 fully saturated rings. The molecule has 1 heterocycles. The summed E-state index contributed by atoms with van der Waals surface area (Å²) >= 11 is 0. The third-order valence-electron chi connectivity index (χ3n) is 11.2. The number of methoxy groups -OCH3 is 2. The van der Waals surface area contributed by atoms with E-state index in [0.29, 0.717) is 0 Å². The molecule has 9 nitrogen and oxygen atoms in total. The largest absolute Gasteiger partial charge is 0.497 e. The molecule has 0 aromatic heterocycles. The summed E-state index contributed by atoms with van der Waals surface area (Å²) in [5, 5.41) is 9.42. The van der Waals surface area contributed by atoms with Crippen LogP contribution in [0.3, 0.4) is 0 Å². The standard InChI is InChI=1S/C47H63N2O7PSi/c1-34(2)49(35(3)4)57(53-32-18-31-48)55-44-42(54-43(36-19-14-12-15-20-36)45(44)56-58(10,11)46(5,6)7)33-52-47(37-21-16-13-17-22-37,38-23-27-40(50-8)28-24-38)39-25-29-41(51-9)30-26-39/h12-17,19-30,34-35,42-45H,18,32-33H2,1-11H3/t42-,43+,44-,45+,57?/m1/s1. The van der Waals surface area contributed by atoms with Crippen molar-refractivity contribution in [2.75, 3.05) is 27.4 Å². The zero-order chi connectivity index (χ0) is 42.1. The summed E-state index contributed by atoms with van der Waals surface area (Å²) in [6.07, 6.45) is -1.89. The maximum absolute atomic E-state index is 9.51. The van der Waals surface area contributed by atoms with Crippen LogP contribution in [0, 0.1) is 11.3 Å². The highest BCUT2D eigenvalue weighted by Crippen LogP contribution is 2.53. The number of rotatable bonds is 19. The minimum absolute atomic E-state index is 0.0888. The van der Waals surface area contributed by atoms with Gasteiger partial charge in [0, 0.05) is 12.1 Å². The van der Waals surface area contributed by atoms with E-state index in [2.05, 4.69) is 121 Å². The van der Waals surface area contributed by atoms with Gasteiger partial charge in [0.1, 0.15) is 41.5 Å². The van der Waals surface area contributed by atoms with Crippen LogP contribution in [-0.4, -0.2) is 70.8 Å². The molecule has 5 rings (SSSR count). The fourth-order valence-electron chi connectivity index (χ4n) is 7.23. The minimum atomic E-state index is -2.42. The first-order chi connectivity index (χ1) is 27.7. The second-order valence-electron chi connectivity index (χ2n) is 16.8. The van der Waals surface area contributed by atoms with Gasteiger partial charge in [0.25, 0.3) is 8.53 Å². The van der Waals surface area contributed by atoms with Crippen LogP contribution in [0.1, 0.15) is 83.2 Å². The highest BCUT2D eigenvalue weighted by molar-refractivity contribution is 7.44. The molecule has 0 radical (unpaired) electrons. The highest BCUT2D eigenvalue weighted by Gasteiger charge is 2.54. The van der Waals surface area contributed by atoms with Crippen molar-refractivity contribution in [3.63, 3.8) is 0 Å². The van der Waals surface area contributed by atoms with Crippen molar-refractivity contribution in [3.05, 3.63) is 131 Å². The topological polar surface area (TPSA) is 91.6 Å². The Labute approximate surface area is 349 Å². The first-order valence-electron chi connectivity index (χ1n) is 20.3. The molecule has 0 N–H and O–H groups in total. The van der Waals surface area contributed by atoms with E-state index in [4.69, 9.17) is 32.4 Å². The van der Waals surface area contributed by atoms with Crippen LogP contribution in [-0.2, 0) is 28.5 Å². The molecule has 5 atom stereocenters. The van der Waals surface area contributed by atoms with Gasteiger partial charge in [-0.1, -0.05) is 106 Å². The monoisotopic (exact) mass is 826 g/mol. The van der Waals surface area contributed by atoms with Gasteiger partial charge in [0.15, 0.2) is 8.32 Å². The second-order valence-corrected chi connectivity index (χ2v) is 22.9. The molecule has 1 aliphatic heterocycles. The summed E-state index contributed by atoms with van der Waals surface area (Å²) in [7, 11) is -0.748. The van der Waals surface area contributed by atoms with Gasteiger partial charge in [-0.15, -0.1) is 0 Å². The third-order valence-corrected chi connectivity index (χ3v) is 17.8. The number of hydrogen-bond donors (Lipinski definition) is 0. The first-order valence-corrected chi connectivity index (χ1v) is 24.3. The number of ether oxygens (including phenoxy) is 4. The quantitative estimate of drug-likeness (QED) is 0.0396. The van der Waals surface area contributed by atoms with E-state index < -0.39 is 46.9 Å². The molecule has 0 spiro atoms. The van der Waals surface area contributed by atoms with Gasteiger partial charge in [-0.25, -0.2) is 4.67 Å². The molecule has 4 aromatic rings. The second kappa shape index (κ2) is 20.1. The molecule has 1 aliphatic rings. The summed E-state index contributed by atoms with van der Waals surface area (Å²) < 4.78 is 49.5. The fraction of sp³-hybridized carbons (Fsp3) is 0.468. The van der Waals surface area contributed by atoms with Crippen molar-refractivity contribution in [2.45, 2.75) is 115 Å². The van der Waals surface area contributed by atoms with Crippen LogP contribution in [0.25, 0.3) is 0 Å². The van der Waals surface area contributed by atoms with Crippen LogP contribution in [0.5, 0.6) is 11.5 Å². The fourth-order valence-corrected chi connectivity index (χ4v) is 10.3. The van der Waals surface area contributed by atoms with Gasteiger partial charge in [0.05, 0.1) is 39.9 Å². The Morgan fingerprint density at radius 1 is 0.741 bits per heavy atom. The number of nitriles is 1. The van der Waals surface area contributed by atoms with E-state index >= 15 is 0 Å². The minimum Gasteiger partial charge on any atom is -0.497 e. The van der Waals surface area contributed by atoms with E-state index in [9.17, 15) is 5.26 Å². The Balaban J connectivity index is 1.69. The Kier molecular flexibility index (Phi) is 15.7. The maximum atomic E-state index is 9.51. The summed E-state index contributed by atoms with van der Waals surface area (Å²) in [6.45, 7) is 20.2. The molecule has 0 aliphatic carbocycles. The third kappa shape index (κ3) is 10.4. The lowest BCUT2D eigenvalue weighted by molar-refractivity contribution is -0.0806. The number of nitrogens with zero attached hydrogens (tertiary/aromatic N) is 2. The van der Waals surface area contributed by atoms with Gasteiger partial charge in [0.2, 0.25) is 0 Å². The van der Waals surface area contributed by atoms with Gasteiger partial charge in [-0.05, 0) is 92.3 Å². The molecule has 0 amide bonds. The zero-order valence-corrected chi connectivity index (χ0v) is 38.1. The summed E-state index contributed by atoms with van der Waals surface area (Å²) in [4.78, 5) is 0. The van der Waals surface area contributed by atoms with E-state index in [1.54, 1.807) is 14.2 Å². The van der Waals surface area contributed by atoms with Crippen LogP contribution in [0.4, 0.5) is 0 Å². The van der Waals surface area contributed by atoms with Crippen LogP contribution in [0.2, 0.25) is 18.1 Å². The van der Waals surface area contributed by atoms with E-state index in [1.165, 1.54) is 0 Å². The van der Waals surface area contributed by atoms with E-state index in [-0.39, 0.29) is 36.8 Å². The lowest BCUT2D eigenvalue weighted by Crippen LogP contribution is -2.49. The summed E-state index contributed by atoms with van der Waals surface area (Å²) in [6, 6.07) is 39.1. The molecule has 4 aromatic carbocycles. The summed E-state index contributed by atoms with van der Waals surface area (Å²) in [5.41, 5.74) is 2.71. The molecular weight excluding hydrogens is 764 g/mol. The average Bonchev–Trinajstić information content (AvgIpc) is 3.53. The molecule has 0 bridgehead atoms. The predicted molar refractivity (Wildman–Crippen MR) is 234 cm³/mol. The Morgan fingerprint density at radius 3 is 1.71 bits per heavy atom. The smallest absolute Gasteiger partial charge is 0.259 e. The maximum Gasteiger partial charge on any atom is 0.259 e. The lowest BCUT2D eigenvalue weighted by atomic mass is 9.80. The highest BCUT2D eigenvalue weighted by atomic mass is 31.2. The van der Waals surface area contributed by atoms with Crippen LogP contribution in [0.15, 0.2) is 109 Å². The van der Waals surface area contributed by atoms with Crippen molar-refractivity contribution < 1.29 is 32.4 Å². The SMILES string of the molecule is COc1ccc(C(OC[C@H]2O[C@@H](c3ccccc3)[C@H](O[Si](C)(C)C(C)(C)C)[C@@H]2OP(OCCC#N)N(C(C)C)C(C)C)(c2ccccc2)c2ccc(OC)cc2)cc1. The van der Waals surface area contributed by atoms with Crippen molar-refractivity contribution in [2.24, 2.45) is 0 Å². The lowest BCUT2D eigenvalue weighted by Gasteiger charge is -2.42. The Hall–Kier alpha value is -3.62. The van der Waals surface area contributed by atoms with E-state index in [0.717, 1.165) is 33.8 Å². The van der Waals surface area contributed by atoms with Crippen molar-refractivity contribution >= 4 is 16.8 Å². The Morgan fingerprint density at radius 2 is 1.24 bits per heavy atom. The van der Waals surface area contributed by atoms with Gasteiger partial charge >= 0.3 is 0 Å². The number of benzene rings is 4. The molecule has 0 saturated carbocycles. The first kappa shape index (κ1) is 45.5. The van der Waals surface area contributed by atoms with Gasteiger partial charge in [-0.3, -0.25) is 0 Å². The number of hydrogen-bond acceptors (Lipinski definition) is 9. The normalized spacial score (nSPS) is 19.4.